The summed E-state index contributed by atoms with van der Waals surface area (Å²) in [6, 6.07) is 14.3. The Hall–Kier alpha value is -3.44. The minimum atomic E-state index is -0.470. The van der Waals surface area contributed by atoms with Gasteiger partial charge in [0.2, 0.25) is 0 Å². The third kappa shape index (κ3) is 4.20. The molecule has 148 valence electrons. The summed E-state index contributed by atoms with van der Waals surface area (Å²) >= 11 is 1.32. The van der Waals surface area contributed by atoms with Crippen molar-refractivity contribution in [3.63, 3.8) is 0 Å². The van der Waals surface area contributed by atoms with Crippen LogP contribution in [0.2, 0.25) is 0 Å². The molecule has 2 aromatic carbocycles. The quantitative estimate of drug-likeness (QED) is 0.615. The van der Waals surface area contributed by atoms with Crippen LogP contribution in [-0.2, 0) is 0 Å². The molecule has 3 rings (SSSR count). The molecule has 1 heterocycles. The Balaban J connectivity index is 2.12. The van der Waals surface area contributed by atoms with Gasteiger partial charge in [0.15, 0.2) is 0 Å². The lowest BCUT2D eigenvalue weighted by molar-refractivity contribution is 0.392. The third-order valence-corrected chi connectivity index (χ3v) is 5.31. The molecule has 8 heteroatoms. The number of aromatic nitrogens is 2. The molecule has 0 aliphatic heterocycles. The van der Waals surface area contributed by atoms with E-state index >= 15 is 0 Å². The maximum absolute atomic E-state index is 12.8. The van der Waals surface area contributed by atoms with E-state index in [1.54, 1.807) is 58.6 Å². The molecule has 0 saturated carbocycles. The number of ether oxygens (including phenoxy) is 3. The highest BCUT2D eigenvalue weighted by Crippen LogP contribution is 2.34. The molecule has 0 fully saturated rings. The van der Waals surface area contributed by atoms with Crippen LogP contribution in [0.25, 0.3) is 5.69 Å². The molecule has 0 aliphatic carbocycles. The first-order valence-electron chi connectivity index (χ1n) is 8.60. The van der Waals surface area contributed by atoms with Gasteiger partial charge in [0.05, 0.1) is 27.0 Å². The fourth-order valence-electron chi connectivity index (χ4n) is 2.66. The van der Waals surface area contributed by atoms with Gasteiger partial charge < -0.3 is 14.2 Å². The number of hydrogen-bond donors (Lipinski definition) is 0. The molecule has 29 heavy (non-hydrogen) atoms. The zero-order valence-corrected chi connectivity index (χ0v) is 17.2. The molecule has 0 spiro atoms. The highest BCUT2D eigenvalue weighted by atomic mass is 32.2. The monoisotopic (exact) mass is 409 g/mol. The van der Waals surface area contributed by atoms with E-state index in [-0.39, 0.29) is 5.56 Å². The first kappa shape index (κ1) is 20.3. The van der Waals surface area contributed by atoms with Crippen LogP contribution in [0.1, 0.15) is 11.1 Å². The second-order valence-electron chi connectivity index (χ2n) is 5.98. The molecule has 7 nitrogen and oxygen atoms in total. The van der Waals surface area contributed by atoms with Crippen LogP contribution in [0.3, 0.4) is 0 Å². The average molecular weight is 409 g/mol. The van der Waals surface area contributed by atoms with Crippen LogP contribution in [-0.4, -0.2) is 31.1 Å². The van der Waals surface area contributed by atoms with Gasteiger partial charge in [0.25, 0.3) is 5.56 Å². The summed E-state index contributed by atoms with van der Waals surface area (Å²) in [5, 5.41) is 14.6. The fourth-order valence-corrected chi connectivity index (χ4v) is 3.61. The van der Waals surface area contributed by atoms with Gasteiger partial charge in [-0.25, -0.2) is 0 Å². The van der Waals surface area contributed by atoms with Crippen molar-refractivity contribution in [2.45, 2.75) is 16.8 Å². The maximum Gasteiger partial charge on any atom is 0.289 e. The third-order valence-electron chi connectivity index (χ3n) is 4.26. The van der Waals surface area contributed by atoms with Crippen molar-refractivity contribution in [3.05, 3.63) is 63.9 Å². The second-order valence-corrected chi connectivity index (χ2v) is 7.04. The first-order valence-corrected chi connectivity index (χ1v) is 9.41. The summed E-state index contributed by atoms with van der Waals surface area (Å²) in [6.45, 7) is 1.71. The molecule has 1 aromatic heterocycles. The molecule has 3 aromatic rings. The Kier molecular flexibility index (Phi) is 6.10. The maximum atomic E-state index is 12.8. The molecule has 0 aliphatic rings. The average Bonchev–Trinajstić information content (AvgIpc) is 2.75. The van der Waals surface area contributed by atoms with Crippen LogP contribution in [0, 0.1) is 18.3 Å². The fraction of sp³-hybridized carbons (Fsp3) is 0.190. The predicted molar refractivity (Wildman–Crippen MR) is 110 cm³/mol. The number of methoxy groups -OCH3 is 3. The summed E-state index contributed by atoms with van der Waals surface area (Å²) in [6.07, 6.45) is 0. The minimum absolute atomic E-state index is 0.0492. The van der Waals surface area contributed by atoms with Gasteiger partial charge in [-0.3, -0.25) is 4.79 Å². The van der Waals surface area contributed by atoms with Crippen LogP contribution in [0.5, 0.6) is 17.2 Å². The van der Waals surface area contributed by atoms with Crippen molar-refractivity contribution < 1.29 is 14.2 Å². The van der Waals surface area contributed by atoms with Gasteiger partial charge in [-0.15, -0.1) is 0 Å². The Morgan fingerprint density at radius 3 is 2.07 bits per heavy atom. The van der Waals surface area contributed by atoms with Gasteiger partial charge in [0.1, 0.15) is 33.9 Å². The van der Waals surface area contributed by atoms with E-state index in [2.05, 4.69) is 5.10 Å². The topological polar surface area (TPSA) is 86.4 Å². The van der Waals surface area contributed by atoms with Crippen molar-refractivity contribution in [2.24, 2.45) is 0 Å². The van der Waals surface area contributed by atoms with Crippen molar-refractivity contribution in [1.29, 1.82) is 5.26 Å². The molecular weight excluding hydrogens is 390 g/mol. The van der Waals surface area contributed by atoms with Crippen LogP contribution in [0.15, 0.2) is 57.2 Å². The molecule has 0 atom stereocenters. The number of nitrogens with zero attached hydrogens (tertiary/aromatic N) is 3. The normalized spacial score (nSPS) is 10.3. The zero-order valence-electron chi connectivity index (χ0n) is 16.4. The summed E-state index contributed by atoms with van der Waals surface area (Å²) in [5.74, 6) is 1.93. The van der Waals surface area contributed by atoms with E-state index in [0.717, 1.165) is 4.90 Å². The molecule has 0 bridgehead atoms. The first-order chi connectivity index (χ1) is 14.0. The number of benzene rings is 2. The van der Waals surface area contributed by atoms with Crippen molar-refractivity contribution in [3.8, 4) is 29.0 Å². The predicted octanol–water partition coefficient (Wildman–Crippen LogP) is 3.59. The Morgan fingerprint density at radius 1 is 0.966 bits per heavy atom. The van der Waals surface area contributed by atoms with E-state index in [1.807, 2.05) is 18.2 Å². The lowest BCUT2D eigenvalue weighted by atomic mass is 10.2. The summed E-state index contributed by atoms with van der Waals surface area (Å²) in [7, 11) is 4.71. The summed E-state index contributed by atoms with van der Waals surface area (Å²) < 4.78 is 17.0. The van der Waals surface area contributed by atoms with Crippen molar-refractivity contribution in [2.75, 3.05) is 21.3 Å². The number of rotatable bonds is 6. The summed E-state index contributed by atoms with van der Waals surface area (Å²) in [4.78, 5) is 13.6. The molecule has 0 saturated heterocycles. The molecular formula is C21H19N3O4S. The van der Waals surface area contributed by atoms with Gasteiger partial charge in [-0.1, -0.05) is 11.8 Å². The summed E-state index contributed by atoms with van der Waals surface area (Å²) in [5.41, 5.74) is 0.641. The van der Waals surface area contributed by atoms with Crippen molar-refractivity contribution >= 4 is 11.8 Å². The van der Waals surface area contributed by atoms with E-state index in [9.17, 15) is 10.1 Å². The smallest absolute Gasteiger partial charge is 0.289 e. The highest BCUT2D eigenvalue weighted by molar-refractivity contribution is 7.99. The second kappa shape index (κ2) is 8.71. The van der Waals surface area contributed by atoms with Gasteiger partial charge in [0, 0.05) is 16.5 Å². The zero-order chi connectivity index (χ0) is 21.0. The number of hydrogen-bond acceptors (Lipinski definition) is 7. The molecule has 0 amide bonds. The standard InChI is InChI=1S/C21H19N3O4S/c1-13-19(12-22)21(25)24(14-5-7-15(26-2)8-6-14)23-20(13)29-18-10-16(27-3)9-17(11-18)28-4/h5-11H,1-4H3. The molecule has 0 unspecified atom stereocenters. The van der Waals surface area contributed by atoms with E-state index in [0.29, 0.717) is 33.5 Å². The van der Waals surface area contributed by atoms with Gasteiger partial charge in [-0.2, -0.15) is 15.0 Å². The largest absolute Gasteiger partial charge is 0.497 e. The molecule has 0 radical (unpaired) electrons. The van der Waals surface area contributed by atoms with E-state index in [1.165, 1.54) is 16.4 Å². The Bertz CT molecular complexity index is 1110. The van der Waals surface area contributed by atoms with Crippen molar-refractivity contribution in [1.82, 2.24) is 9.78 Å². The van der Waals surface area contributed by atoms with E-state index < -0.39 is 5.56 Å². The van der Waals surface area contributed by atoms with Crippen LogP contribution < -0.4 is 19.8 Å². The number of nitriles is 1. The lowest BCUT2D eigenvalue weighted by Crippen LogP contribution is -2.25. The highest BCUT2D eigenvalue weighted by Gasteiger charge is 2.17. The van der Waals surface area contributed by atoms with Crippen LogP contribution in [0.4, 0.5) is 0 Å². The van der Waals surface area contributed by atoms with Crippen LogP contribution >= 0.6 is 11.8 Å². The Morgan fingerprint density at radius 2 is 1.55 bits per heavy atom. The minimum Gasteiger partial charge on any atom is -0.497 e. The SMILES string of the molecule is COc1ccc(-n2nc(Sc3cc(OC)cc(OC)c3)c(C)c(C#N)c2=O)cc1. The Labute approximate surface area is 172 Å². The van der Waals surface area contributed by atoms with E-state index in [4.69, 9.17) is 14.2 Å². The molecule has 0 N–H and O–H groups in total. The lowest BCUT2D eigenvalue weighted by Gasteiger charge is -2.13. The van der Waals surface area contributed by atoms with Gasteiger partial charge >= 0.3 is 0 Å². The van der Waals surface area contributed by atoms with Gasteiger partial charge in [-0.05, 0) is 43.3 Å².